The first-order valence-corrected chi connectivity index (χ1v) is 10.5. The fraction of sp³-hybridized carbons (Fsp3) is 0.435. The molecule has 1 saturated heterocycles. The van der Waals surface area contributed by atoms with Crippen LogP contribution in [0.1, 0.15) is 45.8 Å². The molecule has 1 aliphatic heterocycles. The average molecular weight is 409 g/mol. The van der Waals surface area contributed by atoms with Gasteiger partial charge in [0.15, 0.2) is 0 Å². The van der Waals surface area contributed by atoms with E-state index >= 15 is 0 Å². The molecule has 30 heavy (non-hydrogen) atoms. The van der Waals surface area contributed by atoms with Crippen LogP contribution in [-0.2, 0) is 11.2 Å². The summed E-state index contributed by atoms with van der Waals surface area (Å²) in [7, 11) is 0. The van der Waals surface area contributed by atoms with Gasteiger partial charge >= 0.3 is 0 Å². The molecule has 1 aliphatic rings. The second-order valence-electron chi connectivity index (χ2n) is 7.75. The molecule has 0 saturated carbocycles. The van der Waals surface area contributed by atoms with Gasteiger partial charge in [-0.15, -0.1) is 0 Å². The molecule has 7 nitrogen and oxygen atoms in total. The highest BCUT2D eigenvalue weighted by Crippen LogP contribution is 2.24. The van der Waals surface area contributed by atoms with E-state index in [2.05, 4.69) is 51.5 Å². The molecule has 3 heterocycles. The molecule has 1 amide bonds. The lowest BCUT2D eigenvalue weighted by Gasteiger charge is -2.35. The zero-order valence-electron chi connectivity index (χ0n) is 17.8. The van der Waals surface area contributed by atoms with Crippen molar-refractivity contribution in [2.24, 2.45) is 0 Å². The highest BCUT2D eigenvalue weighted by Gasteiger charge is 2.25. The van der Waals surface area contributed by atoms with Crippen LogP contribution in [0.3, 0.4) is 0 Å². The van der Waals surface area contributed by atoms with Crippen molar-refractivity contribution in [3.63, 3.8) is 0 Å². The minimum Gasteiger partial charge on any atom is -0.379 e. The summed E-state index contributed by atoms with van der Waals surface area (Å²) in [6.07, 6.45) is 0.718. The molecule has 1 N–H and O–H groups in total. The van der Waals surface area contributed by atoms with Gasteiger partial charge in [0, 0.05) is 25.3 Å². The number of carbonyl (C=O) groups is 1. The van der Waals surface area contributed by atoms with Crippen LogP contribution in [0.5, 0.6) is 0 Å². The van der Waals surface area contributed by atoms with Gasteiger partial charge in [-0.2, -0.15) is 0 Å². The average Bonchev–Trinajstić information content (AvgIpc) is 3.15. The molecule has 0 aliphatic carbocycles. The largest absolute Gasteiger partial charge is 0.379 e. The monoisotopic (exact) mass is 408 g/mol. The Labute approximate surface area is 176 Å². The number of fused-ring (bicyclic) bond motifs is 1. The lowest BCUT2D eigenvalue weighted by atomic mass is 10.0. The molecule has 1 fully saturated rings. The lowest BCUT2D eigenvalue weighted by Crippen LogP contribution is -2.43. The fourth-order valence-corrected chi connectivity index (χ4v) is 3.93. The highest BCUT2D eigenvalue weighted by molar-refractivity contribution is 6.06. The Morgan fingerprint density at radius 3 is 2.63 bits per heavy atom. The molecule has 0 radical (unpaired) electrons. The smallest absolute Gasteiger partial charge is 0.258 e. The molecular weight excluding hydrogens is 380 g/mol. The first kappa shape index (κ1) is 20.5. The Kier molecular flexibility index (Phi) is 6.11. The summed E-state index contributed by atoms with van der Waals surface area (Å²) in [6.45, 7) is 9.54. The molecular formula is C23H28N4O3. The summed E-state index contributed by atoms with van der Waals surface area (Å²) in [5.74, 6) is -0.131. The Hall–Kier alpha value is -2.77. The van der Waals surface area contributed by atoms with E-state index in [1.165, 1.54) is 11.1 Å². The van der Waals surface area contributed by atoms with E-state index in [-0.39, 0.29) is 11.9 Å². The van der Waals surface area contributed by atoms with Crippen LogP contribution in [0.2, 0.25) is 0 Å². The number of hydrogen-bond acceptors (Lipinski definition) is 6. The van der Waals surface area contributed by atoms with Gasteiger partial charge in [-0.1, -0.05) is 41.9 Å². The van der Waals surface area contributed by atoms with Gasteiger partial charge in [-0.25, -0.2) is 4.98 Å². The molecule has 2 aromatic heterocycles. The number of aryl methyl sites for hydroxylation is 3. The first-order valence-electron chi connectivity index (χ1n) is 10.5. The summed E-state index contributed by atoms with van der Waals surface area (Å²) >= 11 is 0. The molecule has 4 rings (SSSR count). The molecule has 1 unspecified atom stereocenters. The standard InChI is InChI=1S/C23H28N4O3/c1-4-18-13-19(21-16(3)26-30-23(21)25-18)22(28)24-14-20(27-9-11-29-12-10-27)17-7-5-15(2)6-8-17/h5-8,13,20H,4,9-12,14H2,1-3H3,(H,24,28). The van der Waals surface area contributed by atoms with Crippen LogP contribution in [0.25, 0.3) is 11.1 Å². The third-order valence-corrected chi connectivity index (χ3v) is 5.68. The van der Waals surface area contributed by atoms with E-state index in [0.29, 0.717) is 42.1 Å². The normalized spacial score (nSPS) is 16.0. The van der Waals surface area contributed by atoms with Gasteiger partial charge in [-0.05, 0) is 31.9 Å². The van der Waals surface area contributed by atoms with Crippen LogP contribution < -0.4 is 5.32 Å². The lowest BCUT2D eigenvalue weighted by molar-refractivity contribution is 0.0162. The number of rotatable bonds is 6. The maximum absolute atomic E-state index is 13.2. The topological polar surface area (TPSA) is 80.5 Å². The maximum Gasteiger partial charge on any atom is 0.258 e. The predicted molar refractivity (Wildman–Crippen MR) is 115 cm³/mol. The number of ether oxygens (including phenoxy) is 1. The minimum absolute atomic E-state index is 0.0880. The van der Waals surface area contributed by atoms with Gasteiger partial charge in [0.2, 0.25) is 0 Å². The van der Waals surface area contributed by atoms with Crippen molar-refractivity contribution in [1.82, 2.24) is 20.4 Å². The van der Waals surface area contributed by atoms with Crippen LogP contribution in [0, 0.1) is 13.8 Å². The molecule has 3 aromatic rings. The van der Waals surface area contributed by atoms with Gasteiger partial charge in [0.05, 0.1) is 35.9 Å². The number of pyridine rings is 1. The Bertz CT molecular complexity index is 1020. The Morgan fingerprint density at radius 2 is 1.93 bits per heavy atom. The number of benzene rings is 1. The van der Waals surface area contributed by atoms with E-state index < -0.39 is 0 Å². The van der Waals surface area contributed by atoms with Crippen LogP contribution in [0.4, 0.5) is 0 Å². The zero-order chi connectivity index (χ0) is 21.1. The van der Waals surface area contributed by atoms with Crippen LogP contribution in [0.15, 0.2) is 34.9 Å². The molecule has 158 valence electrons. The summed E-state index contributed by atoms with van der Waals surface area (Å²) in [5.41, 5.74) is 4.89. The highest BCUT2D eigenvalue weighted by atomic mass is 16.5. The number of nitrogens with one attached hydrogen (secondary N) is 1. The molecule has 0 bridgehead atoms. The van der Waals surface area contributed by atoms with E-state index in [9.17, 15) is 4.79 Å². The van der Waals surface area contributed by atoms with E-state index in [1.807, 2.05) is 19.9 Å². The van der Waals surface area contributed by atoms with Crippen molar-refractivity contribution in [3.8, 4) is 0 Å². The summed E-state index contributed by atoms with van der Waals surface area (Å²) in [5, 5.41) is 7.83. The minimum atomic E-state index is -0.131. The van der Waals surface area contributed by atoms with Crippen molar-refractivity contribution in [3.05, 3.63) is 58.4 Å². The van der Waals surface area contributed by atoms with E-state index in [1.54, 1.807) is 0 Å². The number of nitrogens with zero attached hydrogens (tertiary/aromatic N) is 3. The second kappa shape index (κ2) is 8.93. The fourth-order valence-electron chi connectivity index (χ4n) is 3.93. The van der Waals surface area contributed by atoms with Crippen molar-refractivity contribution in [1.29, 1.82) is 0 Å². The first-order chi connectivity index (χ1) is 14.6. The maximum atomic E-state index is 13.2. The van der Waals surface area contributed by atoms with Gasteiger partial charge in [0.25, 0.3) is 11.6 Å². The summed E-state index contributed by atoms with van der Waals surface area (Å²) < 4.78 is 10.8. The number of morpholine rings is 1. The van der Waals surface area contributed by atoms with Crippen molar-refractivity contribution in [2.75, 3.05) is 32.8 Å². The quantitative estimate of drug-likeness (QED) is 0.675. The number of carbonyl (C=O) groups excluding carboxylic acids is 1. The van der Waals surface area contributed by atoms with Crippen molar-refractivity contribution < 1.29 is 14.1 Å². The zero-order valence-corrected chi connectivity index (χ0v) is 17.8. The number of hydrogen-bond donors (Lipinski definition) is 1. The third kappa shape index (κ3) is 4.22. The van der Waals surface area contributed by atoms with Gasteiger partial charge in [-0.3, -0.25) is 9.69 Å². The Balaban J connectivity index is 1.59. The number of amides is 1. The van der Waals surface area contributed by atoms with Crippen LogP contribution >= 0.6 is 0 Å². The van der Waals surface area contributed by atoms with Crippen molar-refractivity contribution >= 4 is 17.0 Å². The Morgan fingerprint density at radius 1 is 1.20 bits per heavy atom. The van der Waals surface area contributed by atoms with E-state index in [0.717, 1.165) is 25.2 Å². The molecule has 1 aromatic carbocycles. The van der Waals surface area contributed by atoms with Gasteiger partial charge < -0.3 is 14.6 Å². The van der Waals surface area contributed by atoms with Gasteiger partial charge in [0.1, 0.15) is 0 Å². The molecule has 1 atom stereocenters. The second-order valence-corrected chi connectivity index (χ2v) is 7.75. The summed E-state index contributed by atoms with van der Waals surface area (Å²) in [4.78, 5) is 20.0. The number of aromatic nitrogens is 2. The molecule has 7 heteroatoms. The van der Waals surface area contributed by atoms with Crippen LogP contribution in [-0.4, -0.2) is 53.8 Å². The summed E-state index contributed by atoms with van der Waals surface area (Å²) in [6, 6.07) is 10.5. The van der Waals surface area contributed by atoms with Crippen molar-refractivity contribution in [2.45, 2.75) is 33.2 Å². The SMILES string of the molecule is CCc1cc(C(=O)NCC(c2ccc(C)cc2)N2CCOCC2)c2c(C)noc2n1. The van der Waals surface area contributed by atoms with E-state index in [4.69, 9.17) is 9.26 Å². The predicted octanol–water partition coefficient (Wildman–Crippen LogP) is 3.21. The molecule has 0 spiro atoms. The third-order valence-electron chi connectivity index (χ3n) is 5.68.